The normalized spacial score (nSPS) is 19.0. The molecule has 1 aliphatic rings. The number of hydrogen-bond donors (Lipinski definition) is 1. The molecule has 0 saturated carbocycles. The second-order valence-corrected chi connectivity index (χ2v) is 9.98. The average Bonchev–Trinajstić information content (AvgIpc) is 3.29. The Kier molecular flexibility index (Phi) is 9.04. The van der Waals surface area contributed by atoms with Crippen molar-refractivity contribution in [2.45, 2.75) is 30.5 Å². The van der Waals surface area contributed by atoms with Crippen molar-refractivity contribution in [3.8, 4) is 0 Å². The van der Waals surface area contributed by atoms with E-state index in [1.54, 1.807) is 48.5 Å². The maximum atomic E-state index is 12.7. The van der Waals surface area contributed by atoms with Crippen LogP contribution in [0.1, 0.15) is 32.7 Å². The van der Waals surface area contributed by atoms with E-state index in [2.05, 4.69) is 0 Å². The highest BCUT2D eigenvalue weighted by molar-refractivity contribution is 8.13. The van der Waals surface area contributed by atoms with Crippen LogP contribution in [0.15, 0.2) is 78.9 Å². The Morgan fingerprint density at radius 2 is 1.47 bits per heavy atom. The van der Waals surface area contributed by atoms with Crippen LogP contribution in [0.2, 0.25) is 10.0 Å². The van der Waals surface area contributed by atoms with Crippen molar-refractivity contribution in [1.82, 2.24) is 0 Å². The summed E-state index contributed by atoms with van der Waals surface area (Å²) in [5.41, 5.74) is 1.77. The number of carbonyl (C=O) groups is 2. The lowest BCUT2D eigenvalue weighted by atomic mass is 10.1. The molecule has 0 aromatic heterocycles. The number of rotatable bonds is 8. The zero-order chi connectivity index (χ0) is 25.5. The van der Waals surface area contributed by atoms with Crippen LogP contribution >= 0.6 is 35.0 Å². The third kappa shape index (κ3) is 7.11. The molecule has 1 N–H and O–H groups in total. The summed E-state index contributed by atoms with van der Waals surface area (Å²) in [6.07, 6.45) is -1.72. The van der Waals surface area contributed by atoms with E-state index >= 15 is 0 Å². The Hall–Kier alpha value is -2.84. The van der Waals surface area contributed by atoms with Crippen molar-refractivity contribution in [2.75, 3.05) is 6.61 Å². The van der Waals surface area contributed by atoms with Crippen LogP contribution in [0.25, 0.3) is 0 Å². The van der Waals surface area contributed by atoms with E-state index in [-0.39, 0.29) is 13.0 Å². The molecule has 0 spiro atoms. The maximum Gasteiger partial charge on any atom is 0.338 e. The fraction of sp³-hybridized carbons (Fsp3) is 0.222. The van der Waals surface area contributed by atoms with Crippen LogP contribution in [0.5, 0.6) is 0 Å². The smallest absolute Gasteiger partial charge is 0.338 e. The average molecular weight is 544 g/mol. The molecular weight excluding hydrogens is 521 g/mol. The van der Waals surface area contributed by atoms with Gasteiger partial charge in [0.2, 0.25) is 0 Å². The van der Waals surface area contributed by atoms with E-state index in [1.807, 2.05) is 30.3 Å². The van der Waals surface area contributed by atoms with Crippen molar-refractivity contribution in [3.63, 3.8) is 0 Å². The van der Waals surface area contributed by atoms with E-state index in [1.165, 1.54) is 11.8 Å². The number of benzene rings is 3. The lowest BCUT2D eigenvalue weighted by Gasteiger charge is -2.19. The summed E-state index contributed by atoms with van der Waals surface area (Å²) >= 11 is 13.2. The van der Waals surface area contributed by atoms with Gasteiger partial charge in [-0.3, -0.25) is 5.41 Å². The third-order valence-electron chi connectivity index (χ3n) is 5.53. The minimum Gasteiger partial charge on any atom is -0.459 e. The number of esters is 2. The fourth-order valence-electron chi connectivity index (χ4n) is 3.60. The molecule has 3 aromatic carbocycles. The van der Waals surface area contributed by atoms with Crippen molar-refractivity contribution in [3.05, 3.63) is 106 Å². The Morgan fingerprint density at radius 1 is 0.889 bits per heavy atom. The summed E-state index contributed by atoms with van der Waals surface area (Å²) in [5, 5.41) is 9.85. The molecule has 3 aromatic rings. The van der Waals surface area contributed by atoms with Crippen molar-refractivity contribution in [1.29, 1.82) is 5.41 Å². The highest BCUT2D eigenvalue weighted by Gasteiger charge is 2.41. The predicted molar refractivity (Wildman–Crippen MR) is 141 cm³/mol. The van der Waals surface area contributed by atoms with Gasteiger partial charge in [0.25, 0.3) is 0 Å². The molecule has 4 rings (SSSR count). The molecule has 3 atom stereocenters. The Balaban J connectivity index is 1.41. The zero-order valence-corrected chi connectivity index (χ0v) is 21.4. The minimum absolute atomic E-state index is 0.132. The van der Waals surface area contributed by atoms with Crippen molar-refractivity contribution in [2.24, 2.45) is 0 Å². The van der Waals surface area contributed by atoms with Crippen LogP contribution in [-0.2, 0) is 20.0 Å². The molecule has 186 valence electrons. The predicted octanol–water partition coefficient (Wildman–Crippen LogP) is 6.44. The molecule has 6 nitrogen and oxygen atoms in total. The number of thioether (sulfide) groups is 1. The molecule has 36 heavy (non-hydrogen) atoms. The molecule has 1 saturated heterocycles. The number of hydrogen-bond acceptors (Lipinski definition) is 7. The highest BCUT2D eigenvalue weighted by atomic mass is 35.5. The van der Waals surface area contributed by atoms with Crippen LogP contribution in [0.3, 0.4) is 0 Å². The van der Waals surface area contributed by atoms with E-state index in [9.17, 15) is 9.59 Å². The van der Waals surface area contributed by atoms with E-state index in [0.29, 0.717) is 32.0 Å². The summed E-state index contributed by atoms with van der Waals surface area (Å²) in [5.74, 6) is -0.473. The second-order valence-electron chi connectivity index (χ2n) is 8.09. The van der Waals surface area contributed by atoms with Crippen LogP contribution in [0.4, 0.5) is 0 Å². The van der Waals surface area contributed by atoms with Crippen molar-refractivity contribution >= 4 is 51.9 Å². The van der Waals surface area contributed by atoms with Gasteiger partial charge in [-0.15, -0.1) is 11.8 Å². The van der Waals surface area contributed by atoms with Crippen LogP contribution in [-0.4, -0.2) is 41.9 Å². The third-order valence-corrected chi connectivity index (χ3v) is 7.08. The van der Waals surface area contributed by atoms with Gasteiger partial charge in [-0.05, 0) is 54.1 Å². The van der Waals surface area contributed by atoms with Crippen LogP contribution in [0, 0.1) is 5.41 Å². The van der Waals surface area contributed by atoms with Gasteiger partial charge in [-0.2, -0.15) is 0 Å². The van der Waals surface area contributed by atoms with Gasteiger partial charge in [0, 0.05) is 22.2 Å². The van der Waals surface area contributed by atoms with E-state index < -0.39 is 30.3 Å². The summed E-state index contributed by atoms with van der Waals surface area (Å²) < 4.78 is 17.2. The Bertz CT molecular complexity index is 1210. The first-order chi connectivity index (χ1) is 17.4. The van der Waals surface area contributed by atoms with Crippen LogP contribution < -0.4 is 0 Å². The van der Waals surface area contributed by atoms with Gasteiger partial charge < -0.3 is 14.2 Å². The summed E-state index contributed by atoms with van der Waals surface area (Å²) in [7, 11) is 0. The highest BCUT2D eigenvalue weighted by Crippen LogP contribution is 2.30. The molecule has 1 aliphatic heterocycles. The van der Waals surface area contributed by atoms with Gasteiger partial charge in [-0.1, -0.05) is 53.5 Å². The first kappa shape index (κ1) is 26.2. The number of nitrogens with one attached hydrogen (secondary N) is 1. The zero-order valence-electron chi connectivity index (χ0n) is 19.1. The molecule has 3 unspecified atom stereocenters. The first-order valence-corrected chi connectivity index (χ1v) is 12.9. The van der Waals surface area contributed by atoms with E-state index in [0.717, 1.165) is 5.56 Å². The standard InChI is InChI=1S/C27H23Cl2NO5S/c28-20-10-6-18(7-11-20)26(31)33-15-24-22(35-27(32)19-8-12-21(29)13-9-19)14-23(34-24)25(30)36-16-17-4-2-1-3-5-17/h1-13,22-24,30H,14-16H2. The molecule has 0 radical (unpaired) electrons. The lowest BCUT2D eigenvalue weighted by molar-refractivity contribution is -0.0334. The van der Waals surface area contributed by atoms with Gasteiger partial charge in [0.15, 0.2) is 0 Å². The molecule has 0 aliphatic carbocycles. The SMILES string of the molecule is N=C(SCc1ccccc1)C1CC(OC(=O)c2ccc(Cl)cc2)C(COC(=O)c2ccc(Cl)cc2)O1. The molecule has 9 heteroatoms. The second kappa shape index (κ2) is 12.4. The topological polar surface area (TPSA) is 85.7 Å². The largest absolute Gasteiger partial charge is 0.459 e. The monoisotopic (exact) mass is 543 g/mol. The molecule has 0 amide bonds. The quantitative estimate of drug-likeness (QED) is 0.200. The summed E-state index contributed by atoms with van der Waals surface area (Å²) in [6.45, 7) is -0.132. The van der Waals surface area contributed by atoms with Gasteiger partial charge in [0.1, 0.15) is 24.9 Å². The van der Waals surface area contributed by atoms with Gasteiger partial charge >= 0.3 is 11.9 Å². The lowest BCUT2D eigenvalue weighted by Crippen LogP contribution is -2.32. The molecule has 1 heterocycles. The number of ether oxygens (including phenoxy) is 3. The maximum absolute atomic E-state index is 12.7. The van der Waals surface area contributed by atoms with Gasteiger partial charge in [0.05, 0.1) is 16.2 Å². The molecule has 1 fully saturated rings. The fourth-order valence-corrected chi connectivity index (χ4v) is 4.71. The minimum atomic E-state index is -0.722. The molecular formula is C27H23Cl2NO5S. The van der Waals surface area contributed by atoms with Crippen molar-refractivity contribution < 1.29 is 23.8 Å². The summed E-state index contributed by atoms with van der Waals surface area (Å²) in [4.78, 5) is 25.2. The van der Waals surface area contributed by atoms with Gasteiger partial charge in [-0.25, -0.2) is 9.59 Å². The molecule has 0 bridgehead atoms. The van der Waals surface area contributed by atoms with E-state index in [4.69, 9.17) is 42.8 Å². The number of carbonyl (C=O) groups excluding carboxylic acids is 2. The number of halogens is 2. The Morgan fingerprint density at radius 3 is 2.08 bits per heavy atom. The summed E-state index contributed by atoms with van der Waals surface area (Å²) in [6, 6.07) is 22.5. The Labute approximate surface area is 223 Å². The first-order valence-electron chi connectivity index (χ1n) is 11.2.